The molecule has 3 rings (SSSR count). The van der Waals surface area contributed by atoms with Crippen LogP contribution in [0.5, 0.6) is 0 Å². The Hall–Kier alpha value is -2.79. The highest BCUT2D eigenvalue weighted by Crippen LogP contribution is 2.26. The normalized spacial score (nSPS) is 10.5. The van der Waals surface area contributed by atoms with Gasteiger partial charge in [0.05, 0.1) is 5.75 Å². The van der Waals surface area contributed by atoms with Crippen LogP contribution >= 0.6 is 23.1 Å². The van der Waals surface area contributed by atoms with Gasteiger partial charge >= 0.3 is 0 Å². The van der Waals surface area contributed by atoms with Gasteiger partial charge in [-0.1, -0.05) is 34.3 Å². The van der Waals surface area contributed by atoms with E-state index in [1.807, 2.05) is 0 Å². The highest BCUT2D eigenvalue weighted by atomic mass is 32.2. The maximum Gasteiger partial charge on any atom is 0.279 e. The van der Waals surface area contributed by atoms with Crippen LogP contribution in [-0.4, -0.2) is 32.9 Å². The van der Waals surface area contributed by atoms with E-state index in [4.69, 9.17) is 4.52 Å². The Kier molecular flexibility index (Phi) is 5.58. The molecule has 2 heterocycles. The number of aryl methyl sites for hydroxylation is 1. The van der Waals surface area contributed by atoms with Crippen molar-refractivity contribution < 1.29 is 18.5 Å². The van der Waals surface area contributed by atoms with Crippen molar-refractivity contribution in [1.82, 2.24) is 15.4 Å². The van der Waals surface area contributed by atoms with Crippen molar-refractivity contribution >= 4 is 45.7 Å². The van der Waals surface area contributed by atoms with Crippen molar-refractivity contribution in [1.29, 1.82) is 0 Å². The number of carbonyl (C=O) groups excluding carboxylic acids is 2. The standard InChI is InChI=1S/C15H12FN5O3S2/c1-8-5-11(21-24-8)13(23)18-14-19-20-15(26-14)25-7-12(22)17-10-4-2-3-9(16)6-10/h2-6H,7H2,1H3,(H,17,22)(H,18,19,23). The molecule has 1 aromatic carbocycles. The van der Waals surface area contributed by atoms with Gasteiger partial charge in [-0.05, 0) is 25.1 Å². The van der Waals surface area contributed by atoms with Crippen LogP contribution < -0.4 is 10.6 Å². The molecule has 8 nitrogen and oxygen atoms in total. The molecule has 2 amide bonds. The summed E-state index contributed by atoms with van der Waals surface area (Å²) < 4.78 is 18.4. The van der Waals surface area contributed by atoms with E-state index in [2.05, 4.69) is 26.0 Å². The minimum atomic E-state index is -0.460. The highest BCUT2D eigenvalue weighted by Gasteiger charge is 2.14. The van der Waals surface area contributed by atoms with Gasteiger partial charge in [0, 0.05) is 11.8 Å². The van der Waals surface area contributed by atoms with E-state index >= 15 is 0 Å². The van der Waals surface area contributed by atoms with Gasteiger partial charge in [0.1, 0.15) is 11.6 Å². The molecule has 2 aromatic heterocycles. The Morgan fingerprint density at radius 2 is 2.12 bits per heavy atom. The topological polar surface area (TPSA) is 110 Å². The third kappa shape index (κ3) is 4.86. The van der Waals surface area contributed by atoms with Crippen LogP contribution in [0.1, 0.15) is 16.2 Å². The maximum atomic E-state index is 13.1. The first kappa shape index (κ1) is 18.0. The van der Waals surface area contributed by atoms with Gasteiger partial charge in [-0.25, -0.2) is 4.39 Å². The first-order chi connectivity index (χ1) is 12.5. The van der Waals surface area contributed by atoms with E-state index in [0.29, 0.717) is 15.8 Å². The lowest BCUT2D eigenvalue weighted by Gasteiger charge is -2.03. The lowest BCUT2D eigenvalue weighted by molar-refractivity contribution is -0.113. The molecular formula is C15H12FN5O3S2. The molecule has 0 spiro atoms. The fourth-order valence-electron chi connectivity index (χ4n) is 1.84. The average molecular weight is 393 g/mol. The second-order valence-electron chi connectivity index (χ2n) is 5.00. The molecule has 0 radical (unpaired) electrons. The first-order valence-corrected chi connectivity index (χ1v) is 9.06. The van der Waals surface area contributed by atoms with Crippen molar-refractivity contribution in [2.45, 2.75) is 11.3 Å². The smallest absolute Gasteiger partial charge is 0.279 e. The number of nitrogens with one attached hydrogen (secondary N) is 2. The fourth-order valence-corrected chi connectivity index (χ4v) is 3.39. The number of aromatic nitrogens is 3. The summed E-state index contributed by atoms with van der Waals surface area (Å²) in [7, 11) is 0. The van der Waals surface area contributed by atoms with Gasteiger partial charge in [-0.2, -0.15) is 0 Å². The van der Waals surface area contributed by atoms with Gasteiger partial charge in [0.15, 0.2) is 10.0 Å². The third-order valence-electron chi connectivity index (χ3n) is 2.92. The number of thioether (sulfide) groups is 1. The molecule has 0 aliphatic rings. The molecule has 2 N–H and O–H groups in total. The van der Waals surface area contributed by atoms with Crippen LogP contribution in [0.3, 0.4) is 0 Å². The van der Waals surface area contributed by atoms with E-state index in [0.717, 1.165) is 23.1 Å². The summed E-state index contributed by atoms with van der Waals surface area (Å²) in [4.78, 5) is 23.8. The molecule has 26 heavy (non-hydrogen) atoms. The number of carbonyl (C=O) groups is 2. The molecule has 0 fully saturated rings. The molecule has 3 aromatic rings. The summed E-state index contributed by atoms with van der Waals surface area (Å²) in [6.07, 6.45) is 0. The summed E-state index contributed by atoms with van der Waals surface area (Å²) in [5.41, 5.74) is 0.519. The number of hydrogen-bond donors (Lipinski definition) is 2. The van der Waals surface area contributed by atoms with Crippen molar-refractivity contribution in [3.63, 3.8) is 0 Å². The SMILES string of the molecule is Cc1cc(C(=O)Nc2nnc(SCC(=O)Nc3cccc(F)c3)s2)no1. The van der Waals surface area contributed by atoms with Gasteiger partial charge in [-0.3, -0.25) is 14.9 Å². The van der Waals surface area contributed by atoms with Crippen LogP contribution in [0.2, 0.25) is 0 Å². The average Bonchev–Trinajstić information content (AvgIpc) is 3.22. The summed E-state index contributed by atoms with van der Waals surface area (Å²) >= 11 is 2.28. The minimum Gasteiger partial charge on any atom is -0.361 e. The van der Waals surface area contributed by atoms with Gasteiger partial charge < -0.3 is 9.84 Å². The molecule has 0 saturated heterocycles. The van der Waals surface area contributed by atoms with Crippen LogP contribution in [0.15, 0.2) is 39.2 Å². The van der Waals surface area contributed by atoms with Gasteiger partial charge in [0.25, 0.3) is 5.91 Å². The van der Waals surface area contributed by atoms with E-state index in [1.165, 1.54) is 24.3 Å². The number of halogens is 1. The molecular weight excluding hydrogens is 381 g/mol. The second-order valence-corrected chi connectivity index (χ2v) is 7.20. The number of hydrogen-bond acceptors (Lipinski definition) is 8. The molecule has 134 valence electrons. The van der Waals surface area contributed by atoms with Crippen LogP contribution in [0.25, 0.3) is 0 Å². The molecule has 0 bridgehead atoms. The monoisotopic (exact) mass is 393 g/mol. The zero-order valence-corrected chi connectivity index (χ0v) is 15.0. The van der Waals surface area contributed by atoms with Crippen LogP contribution in [0, 0.1) is 12.7 Å². The summed E-state index contributed by atoms with van der Waals surface area (Å²) in [6, 6.07) is 7.13. The Morgan fingerprint density at radius 3 is 2.85 bits per heavy atom. The summed E-state index contributed by atoms with van der Waals surface area (Å²) in [5, 5.41) is 16.8. The van der Waals surface area contributed by atoms with E-state index in [1.54, 1.807) is 13.0 Å². The van der Waals surface area contributed by atoms with Crippen molar-refractivity contribution in [3.05, 3.63) is 47.6 Å². The zero-order valence-electron chi connectivity index (χ0n) is 13.4. The summed E-state index contributed by atoms with van der Waals surface area (Å²) in [5.74, 6) is -0.602. The summed E-state index contributed by atoms with van der Waals surface area (Å²) in [6.45, 7) is 1.68. The molecule has 0 unspecified atom stereocenters. The van der Waals surface area contributed by atoms with E-state index in [-0.39, 0.29) is 22.5 Å². The number of anilines is 2. The lowest BCUT2D eigenvalue weighted by atomic mass is 10.3. The maximum absolute atomic E-state index is 13.1. The Bertz CT molecular complexity index is 943. The first-order valence-electron chi connectivity index (χ1n) is 7.26. The number of amides is 2. The number of nitrogens with zero attached hydrogens (tertiary/aromatic N) is 3. The predicted molar refractivity (Wildman–Crippen MR) is 94.9 cm³/mol. The van der Waals surface area contributed by atoms with Crippen molar-refractivity contribution in [3.8, 4) is 0 Å². The van der Waals surface area contributed by atoms with Crippen LogP contribution in [0.4, 0.5) is 15.2 Å². The van der Waals surface area contributed by atoms with E-state index < -0.39 is 11.7 Å². The predicted octanol–water partition coefficient (Wildman–Crippen LogP) is 2.96. The van der Waals surface area contributed by atoms with Crippen molar-refractivity contribution in [2.24, 2.45) is 0 Å². The number of benzene rings is 1. The largest absolute Gasteiger partial charge is 0.361 e. The number of rotatable bonds is 6. The Labute approximate surface area is 155 Å². The van der Waals surface area contributed by atoms with Crippen molar-refractivity contribution in [2.75, 3.05) is 16.4 Å². The Morgan fingerprint density at radius 1 is 1.27 bits per heavy atom. The second kappa shape index (κ2) is 8.06. The molecule has 0 saturated carbocycles. The highest BCUT2D eigenvalue weighted by molar-refractivity contribution is 8.01. The van der Waals surface area contributed by atoms with Gasteiger partial charge in [-0.15, -0.1) is 10.2 Å². The van der Waals surface area contributed by atoms with E-state index in [9.17, 15) is 14.0 Å². The lowest BCUT2D eigenvalue weighted by Crippen LogP contribution is -2.13. The van der Waals surface area contributed by atoms with Crippen LogP contribution in [-0.2, 0) is 4.79 Å². The minimum absolute atomic E-state index is 0.0710. The fraction of sp³-hybridized carbons (Fsp3) is 0.133. The molecule has 11 heteroatoms. The molecule has 0 atom stereocenters. The zero-order chi connectivity index (χ0) is 18.5. The van der Waals surface area contributed by atoms with Gasteiger partial charge in [0.2, 0.25) is 11.0 Å². The quantitative estimate of drug-likeness (QED) is 0.489. The third-order valence-corrected chi connectivity index (χ3v) is 4.89. The Balaban J connectivity index is 1.50. The molecule has 0 aliphatic carbocycles. The molecule has 0 aliphatic heterocycles.